The topological polar surface area (TPSA) is 114 Å². The molecule has 2 aliphatic rings. The van der Waals surface area contributed by atoms with Gasteiger partial charge in [0.2, 0.25) is 0 Å². The molecular weight excluding hydrogens is 488 g/mol. The number of nitro groups is 1. The summed E-state index contributed by atoms with van der Waals surface area (Å²) in [7, 11) is 0. The molecule has 2 N–H and O–H groups in total. The first kappa shape index (κ1) is 22.8. The average molecular weight is 511 g/mol. The standard InChI is InChI=1S/C24H23BrN4O4/c1-13-20(23(31)28-19-8-7-15(25)12-26-19)21(14-5-4-6-16(9-14)29(32)33)22-17(27-13)10-24(2,3)11-18(22)30/h4-9,12,21,27H,10-11H2,1-3H3,(H,26,28,31)/t21-/m1/s1. The van der Waals surface area contributed by atoms with Crippen molar-refractivity contribution in [3.05, 3.63) is 85.3 Å². The largest absolute Gasteiger partial charge is 0.362 e. The van der Waals surface area contributed by atoms with Crippen LogP contribution in [-0.4, -0.2) is 21.6 Å². The number of carbonyl (C=O) groups is 2. The van der Waals surface area contributed by atoms with Crippen LogP contribution in [0.25, 0.3) is 0 Å². The number of benzene rings is 1. The van der Waals surface area contributed by atoms with Crippen LogP contribution in [0.3, 0.4) is 0 Å². The third-order valence-electron chi connectivity index (χ3n) is 5.87. The van der Waals surface area contributed by atoms with Crippen LogP contribution in [0.5, 0.6) is 0 Å². The maximum atomic E-state index is 13.4. The molecule has 1 aromatic carbocycles. The van der Waals surface area contributed by atoms with E-state index in [1.165, 1.54) is 12.1 Å². The van der Waals surface area contributed by atoms with Gasteiger partial charge in [-0.25, -0.2) is 4.98 Å². The third-order valence-corrected chi connectivity index (χ3v) is 6.34. The van der Waals surface area contributed by atoms with Gasteiger partial charge in [-0.05, 0) is 52.4 Å². The lowest BCUT2D eigenvalue weighted by atomic mass is 9.68. The van der Waals surface area contributed by atoms with Gasteiger partial charge in [0.15, 0.2) is 5.78 Å². The predicted molar refractivity (Wildman–Crippen MR) is 127 cm³/mol. The van der Waals surface area contributed by atoms with Crippen LogP contribution >= 0.6 is 15.9 Å². The van der Waals surface area contributed by atoms with E-state index in [2.05, 4.69) is 31.5 Å². The minimum atomic E-state index is -0.722. The molecule has 2 aromatic rings. The van der Waals surface area contributed by atoms with Crippen LogP contribution in [-0.2, 0) is 9.59 Å². The summed E-state index contributed by atoms with van der Waals surface area (Å²) in [6.45, 7) is 5.84. The quantitative estimate of drug-likeness (QED) is 0.442. The number of amides is 1. The fourth-order valence-corrected chi connectivity index (χ4v) is 4.76. The Labute approximate surface area is 199 Å². The first-order chi connectivity index (χ1) is 15.6. The van der Waals surface area contributed by atoms with Crippen molar-refractivity contribution in [1.82, 2.24) is 10.3 Å². The Bertz CT molecular complexity index is 1230. The molecule has 0 saturated carbocycles. The second kappa shape index (κ2) is 8.55. The van der Waals surface area contributed by atoms with Crippen LogP contribution in [0.1, 0.15) is 45.1 Å². The summed E-state index contributed by atoms with van der Waals surface area (Å²) in [5.41, 5.74) is 2.41. The molecule has 0 unspecified atom stereocenters. The minimum Gasteiger partial charge on any atom is -0.362 e. The lowest BCUT2D eigenvalue weighted by Crippen LogP contribution is -2.39. The second-order valence-corrected chi connectivity index (χ2v) is 10.0. The van der Waals surface area contributed by atoms with Gasteiger partial charge in [-0.2, -0.15) is 0 Å². The number of pyridine rings is 1. The molecule has 8 nitrogen and oxygen atoms in total. The predicted octanol–water partition coefficient (Wildman–Crippen LogP) is 5.00. The number of hydrogen-bond acceptors (Lipinski definition) is 6. The van der Waals surface area contributed by atoms with Crippen molar-refractivity contribution in [2.45, 2.75) is 39.5 Å². The highest BCUT2D eigenvalue weighted by atomic mass is 79.9. The van der Waals surface area contributed by atoms with Gasteiger partial charge in [0, 0.05) is 57.7 Å². The first-order valence-corrected chi connectivity index (χ1v) is 11.3. The highest BCUT2D eigenvalue weighted by Gasteiger charge is 2.43. The van der Waals surface area contributed by atoms with Gasteiger partial charge in [-0.3, -0.25) is 19.7 Å². The Morgan fingerprint density at radius 2 is 2.03 bits per heavy atom. The summed E-state index contributed by atoms with van der Waals surface area (Å²) in [6, 6.07) is 9.55. The summed E-state index contributed by atoms with van der Waals surface area (Å²) in [4.78, 5) is 41.9. The fourth-order valence-electron chi connectivity index (χ4n) is 4.52. The molecule has 0 saturated heterocycles. The number of nitrogens with zero attached hydrogens (tertiary/aromatic N) is 2. The zero-order valence-electron chi connectivity index (χ0n) is 18.4. The molecule has 0 bridgehead atoms. The van der Waals surface area contributed by atoms with Crippen molar-refractivity contribution in [1.29, 1.82) is 0 Å². The molecule has 0 spiro atoms. The van der Waals surface area contributed by atoms with Gasteiger partial charge >= 0.3 is 0 Å². The molecule has 4 rings (SSSR count). The number of ketones is 1. The summed E-state index contributed by atoms with van der Waals surface area (Å²) in [5.74, 6) is -0.849. The number of rotatable bonds is 4. The van der Waals surface area contributed by atoms with Crippen LogP contribution in [0, 0.1) is 15.5 Å². The molecule has 0 fully saturated rings. The van der Waals surface area contributed by atoms with E-state index in [9.17, 15) is 19.7 Å². The van der Waals surface area contributed by atoms with E-state index in [1.54, 1.807) is 37.4 Å². The van der Waals surface area contributed by atoms with Crippen molar-refractivity contribution < 1.29 is 14.5 Å². The maximum absolute atomic E-state index is 13.4. The number of halogens is 1. The molecule has 170 valence electrons. The van der Waals surface area contributed by atoms with Crippen molar-refractivity contribution in [2.24, 2.45) is 5.41 Å². The number of nitrogens with one attached hydrogen (secondary N) is 2. The van der Waals surface area contributed by atoms with Gasteiger partial charge in [0.25, 0.3) is 11.6 Å². The number of non-ortho nitro benzene ring substituents is 1. The molecule has 33 heavy (non-hydrogen) atoms. The third kappa shape index (κ3) is 4.59. The molecular formula is C24H23BrN4O4. The number of carbonyl (C=O) groups excluding carboxylic acids is 2. The van der Waals surface area contributed by atoms with E-state index in [1.807, 2.05) is 13.8 Å². The lowest BCUT2D eigenvalue weighted by Gasteiger charge is -2.39. The van der Waals surface area contributed by atoms with E-state index >= 15 is 0 Å². The highest BCUT2D eigenvalue weighted by Crippen LogP contribution is 2.47. The van der Waals surface area contributed by atoms with Crippen LogP contribution in [0.4, 0.5) is 11.5 Å². The zero-order chi connectivity index (χ0) is 23.9. The summed E-state index contributed by atoms with van der Waals surface area (Å²) >= 11 is 3.32. The normalized spacial score (nSPS) is 19.6. The number of Topliss-reactive ketones (excluding diaryl/α,β-unsaturated/α-hetero) is 1. The monoisotopic (exact) mass is 510 g/mol. The smallest absolute Gasteiger partial charge is 0.269 e. The minimum absolute atomic E-state index is 0.0650. The maximum Gasteiger partial charge on any atom is 0.269 e. The summed E-state index contributed by atoms with van der Waals surface area (Å²) in [5, 5.41) is 17.5. The van der Waals surface area contributed by atoms with Crippen molar-refractivity contribution in [3.8, 4) is 0 Å². The number of anilines is 1. The van der Waals surface area contributed by atoms with Gasteiger partial charge in [-0.15, -0.1) is 0 Å². The Morgan fingerprint density at radius 1 is 1.27 bits per heavy atom. The molecule has 0 radical (unpaired) electrons. The van der Waals surface area contributed by atoms with Crippen molar-refractivity contribution >= 4 is 39.1 Å². The van der Waals surface area contributed by atoms with Gasteiger partial charge in [0.05, 0.1) is 4.92 Å². The molecule has 1 aromatic heterocycles. The zero-order valence-corrected chi connectivity index (χ0v) is 20.0. The lowest BCUT2D eigenvalue weighted by molar-refractivity contribution is -0.384. The van der Waals surface area contributed by atoms with Gasteiger partial charge in [0.1, 0.15) is 5.82 Å². The van der Waals surface area contributed by atoms with Crippen molar-refractivity contribution in [2.75, 3.05) is 5.32 Å². The number of allylic oxidation sites excluding steroid dienone is 3. The average Bonchev–Trinajstić information content (AvgIpc) is 2.73. The van der Waals surface area contributed by atoms with Crippen LogP contribution in [0.2, 0.25) is 0 Å². The summed E-state index contributed by atoms with van der Waals surface area (Å²) in [6.07, 6.45) is 2.54. The Kier molecular flexibility index (Phi) is 5.92. The Hall–Kier alpha value is -3.33. The van der Waals surface area contributed by atoms with E-state index < -0.39 is 16.7 Å². The highest BCUT2D eigenvalue weighted by molar-refractivity contribution is 9.10. The fraction of sp³-hybridized carbons (Fsp3) is 0.292. The van der Waals surface area contributed by atoms with Gasteiger partial charge in [-0.1, -0.05) is 26.0 Å². The molecule has 1 atom stereocenters. The van der Waals surface area contributed by atoms with E-state index in [-0.39, 0.29) is 16.9 Å². The molecule has 1 aliphatic carbocycles. The van der Waals surface area contributed by atoms with E-state index in [0.717, 1.165) is 10.2 Å². The Morgan fingerprint density at radius 3 is 2.70 bits per heavy atom. The van der Waals surface area contributed by atoms with E-state index in [0.29, 0.717) is 41.1 Å². The SMILES string of the molecule is CC1=C(C(=O)Nc2ccc(Br)cn2)[C@@H](c2cccc([N+](=O)[O-])c2)C2=C(CC(C)(C)CC2=O)N1. The Balaban J connectivity index is 1.83. The number of hydrogen-bond donors (Lipinski definition) is 2. The molecule has 1 aliphatic heterocycles. The van der Waals surface area contributed by atoms with Crippen LogP contribution < -0.4 is 10.6 Å². The number of dihydropyridines is 1. The van der Waals surface area contributed by atoms with E-state index in [4.69, 9.17) is 0 Å². The molecule has 9 heteroatoms. The molecule has 1 amide bonds. The second-order valence-electron chi connectivity index (χ2n) is 9.10. The number of aromatic nitrogens is 1. The number of nitro benzene ring substituents is 1. The summed E-state index contributed by atoms with van der Waals surface area (Å²) < 4.78 is 0.773. The van der Waals surface area contributed by atoms with Gasteiger partial charge < -0.3 is 10.6 Å². The first-order valence-electron chi connectivity index (χ1n) is 10.5. The van der Waals surface area contributed by atoms with Crippen LogP contribution in [0.15, 0.2) is 69.6 Å². The van der Waals surface area contributed by atoms with Crippen molar-refractivity contribution in [3.63, 3.8) is 0 Å². The molecule has 2 heterocycles.